The summed E-state index contributed by atoms with van der Waals surface area (Å²) in [4.78, 5) is 3.91. The molecule has 0 unspecified atom stereocenters. The van der Waals surface area contributed by atoms with Crippen LogP contribution < -0.4 is 5.73 Å². The lowest BCUT2D eigenvalue weighted by Crippen LogP contribution is -2.37. The fourth-order valence-electron chi connectivity index (χ4n) is 1.92. The quantitative estimate of drug-likeness (QED) is 0.794. The molecule has 0 saturated heterocycles. The number of pyridine rings is 1. The van der Waals surface area contributed by atoms with E-state index < -0.39 is 0 Å². The van der Waals surface area contributed by atoms with Crippen LogP contribution in [-0.4, -0.2) is 11.0 Å². The summed E-state index contributed by atoms with van der Waals surface area (Å²) in [5.74, 6) is 0.694. The highest BCUT2D eigenvalue weighted by atomic mass is 35.5. The highest BCUT2D eigenvalue weighted by molar-refractivity contribution is 6.32. The Morgan fingerprint density at radius 3 is 2.36 bits per heavy atom. The van der Waals surface area contributed by atoms with E-state index in [1.54, 1.807) is 0 Å². The molecule has 0 spiro atoms. The Balaban J connectivity index is 2.02. The topological polar surface area (TPSA) is 38.9 Å². The molecular formula is C10H12Cl2N2. The van der Waals surface area contributed by atoms with Crippen molar-refractivity contribution in [1.29, 1.82) is 0 Å². The van der Waals surface area contributed by atoms with Crippen LogP contribution in [0.3, 0.4) is 0 Å². The van der Waals surface area contributed by atoms with E-state index in [1.807, 2.05) is 12.1 Å². The molecule has 0 aliphatic heterocycles. The zero-order chi connectivity index (χ0) is 10.1. The molecule has 1 saturated carbocycles. The third kappa shape index (κ3) is 2.38. The molecule has 76 valence electrons. The summed E-state index contributed by atoms with van der Waals surface area (Å²) in [7, 11) is 0. The molecule has 0 atom stereocenters. The molecular weight excluding hydrogens is 219 g/mol. The summed E-state index contributed by atoms with van der Waals surface area (Å²) in [5.41, 5.74) is 6.88. The molecule has 1 aromatic rings. The molecule has 1 aromatic heterocycles. The van der Waals surface area contributed by atoms with Crippen molar-refractivity contribution in [3.8, 4) is 0 Å². The molecule has 0 amide bonds. The van der Waals surface area contributed by atoms with Gasteiger partial charge in [0.1, 0.15) is 10.3 Å². The number of hydrogen-bond acceptors (Lipinski definition) is 2. The van der Waals surface area contributed by atoms with Crippen LogP contribution in [0.2, 0.25) is 10.3 Å². The minimum atomic E-state index is 0.396. The molecule has 0 bridgehead atoms. The van der Waals surface area contributed by atoms with Gasteiger partial charge in [0.05, 0.1) is 0 Å². The molecule has 0 aromatic carbocycles. The molecule has 2 rings (SSSR count). The van der Waals surface area contributed by atoms with E-state index in [0.29, 0.717) is 22.3 Å². The molecule has 2 N–H and O–H groups in total. The number of nitrogens with two attached hydrogens (primary N) is 1. The van der Waals surface area contributed by atoms with Gasteiger partial charge in [0, 0.05) is 6.04 Å². The SMILES string of the molecule is NC1CC(Cc2cc(Cl)nc(Cl)c2)C1. The minimum absolute atomic E-state index is 0.396. The van der Waals surface area contributed by atoms with Gasteiger partial charge in [-0.05, 0) is 42.9 Å². The zero-order valence-electron chi connectivity index (χ0n) is 7.71. The monoisotopic (exact) mass is 230 g/mol. The van der Waals surface area contributed by atoms with E-state index in [9.17, 15) is 0 Å². The Kier molecular flexibility index (Phi) is 2.96. The zero-order valence-corrected chi connectivity index (χ0v) is 9.22. The van der Waals surface area contributed by atoms with Gasteiger partial charge in [-0.2, -0.15) is 0 Å². The summed E-state index contributed by atoms with van der Waals surface area (Å²) in [6.07, 6.45) is 3.23. The second-order valence-corrected chi connectivity index (χ2v) is 4.70. The molecule has 0 radical (unpaired) electrons. The number of rotatable bonds is 2. The van der Waals surface area contributed by atoms with Crippen LogP contribution in [0.5, 0.6) is 0 Å². The average Bonchev–Trinajstić information content (AvgIpc) is 1.99. The number of nitrogens with zero attached hydrogens (tertiary/aromatic N) is 1. The first kappa shape index (κ1) is 10.2. The number of aromatic nitrogens is 1. The highest BCUT2D eigenvalue weighted by Crippen LogP contribution is 2.30. The molecule has 1 fully saturated rings. The second-order valence-electron chi connectivity index (χ2n) is 3.92. The summed E-state index contributed by atoms with van der Waals surface area (Å²) < 4.78 is 0. The molecule has 1 heterocycles. The maximum Gasteiger partial charge on any atom is 0.131 e. The van der Waals surface area contributed by atoms with Crippen LogP contribution in [0.25, 0.3) is 0 Å². The lowest BCUT2D eigenvalue weighted by atomic mass is 9.77. The number of halogens is 2. The molecule has 1 aliphatic carbocycles. The first-order chi connectivity index (χ1) is 6.63. The minimum Gasteiger partial charge on any atom is -0.328 e. The van der Waals surface area contributed by atoms with E-state index in [4.69, 9.17) is 28.9 Å². The van der Waals surface area contributed by atoms with Crippen LogP contribution in [0.15, 0.2) is 12.1 Å². The van der Waals surface area contributed by atoms with Gasteiger partial charge in [-0.25, -0.2) is 4.98 Å². The third-order valence-corrected chi connectivity index (χ3v) is 3.01. The first-order valence-electron chi connectivity index (χ1n) is 4.71. The Morgan fingerprint density at radius 1 is 1.29 bits per heavy atom. The number of hydrogen-bond donors (Lipinski definition) is 1. The van der Waals surface area contributed by atoms with Crippen molar-refractivity contribution in [2.45, 2.75) is 25.3 Å². The smallest absolute Gasteiger partial charge is 0.131 e. The molecule has 1 aliphatic rings. The van der Waals surface area contributed by atoms with Gasteiger partial charge in [0.15, 0.2) is 0 Å². The fraction of sp³-hybridized carbons (Fsp3) is 0.500. The van der Waals surface area contributed by atoms with Crippen molar-refractivity contribution in [3.63, 3.8) is 0 Å². The Bertz CT molecular complexity index is 315. The van der Waals surface area contributed by atoms with Crippen molar-refractivity contribution in [3.05, 3.63) is 28.0 Å². The van der Waals surface area contributed by atoms with Gasteiger partial charge in [0.2, 0.25) is 0 Å². The summed E-state index contributed by atoms with van der Waals surface area (Å²) >= 11 is 11.6. The van der Waals surface area contributed by atoms with E-state index in [2.05, 4.69) is 4.98 Å². The van der Waals surface area contributed by atoms with Gasteiger partial charge < -0.3 is 5.73 Å². The van der Waals surface area contributed by atoms with Gasteiger partial charge in [-0.1, -0.05) is 23.2 Å². The van der Waals surface area contributed by atoms with Gasteiger partial charge in [0.25, 0.3) is 0 Å². The largest absolute Gasteiger partial charge is 0.328 e. The lowest BCUT2D eigenvalue weighted by molar-refractivity contribution is 0.264. The molecule has 14 heavy (non-hydrogen) atoms. The summed E-state index contributed by atoms with van der Waals surface area (Å²) in [6.45, 7) is 0. The maximum atomic E-state index is 5.80. The predicted octanol–water partition coefficient (Wildman–Crippen LogP) is 2.67. The average molecular weight is 231 g/mol. The predicted molar refractivity (Wildman–Crippen MR) is 58.7 cm³/mol. The standard InChI is InChI=1S/C10H12Cl2N2/c11-9-4-7(5-10(12)14-9)1-6-2-8(13)3-6/h4-6,8H,1-3,13H2. The van der Waals surface area contributed by atoms with Crippen molar-refractivity contribution in [2.24, 2.45) is 11.7 Å². The van der Waals surface area contributed by atoms with Gasteiger partial charge in [-0.3, -0.25) is 0 Å². The Hall–Kier alpha value is -0.310. The maximum absolute atomic E-state index is 5.80. The first-order valence-corrected chi connectivity index (χ1v) is 5.46. The van der Waals surface area contributed by atoms with Gasteiger partial charge >= 0.3 is 0 Å². The fourth-order valence-corrected chi connectivity index (χ4v) is 2.42. The van der Waals surface area contributed by atoms with Crippen molar-refractivity contribution in [1.82, 2.24) is 4.98 Å². The van der Waals surface area contributed by atoms with E-state index in [0.717, 1.165) is 24.8 Å². The van der Waals surface area contributed by atoms with Crippen LogP contribution in [-0.2, 0) is 6.42 Å². The van der Waals surface area contributed by atoms with E-state index in [-0.39, 0.29) is 0 Å². The lowest BCUT2D eigenvalue weighted by Gasteiger charge is -2.32. The normalized spacial score (nSPS) is 25.9. The summed E-state index contributed by atoms with van der Waals surface area (Å²) in [5, 5.41) is 0.937. The van der Waals surface area contributed by atoms with Crippen molar-refractivity contribution >= 4 is 23.2 Å². The Morgan fingerprint density at radius 2 is 1.86 bits per heavy atom. The molecule has 2 nitrogen and oxygen atoms in total. The van der Waals surface area contributed by atoms with E-state index in [1.165, 1.54) is 0 Å². The van der Waals surface area contributed by atoms with Crippen LogP contribution in [0.1, 0.15) is 18.4 Å². The third-order valence-electron chi connectivity index (χ3n) is 2.62. The van der Waals surface area contributed by atoms with Crippen LogP contribution in [0, 0.1) is 5.92 Å². The Labute approximate surface area is 93.4 Å². The van der Waals surface area contributed by atoms with Crippen molar-refractivity contribution in [2.75, 3.05) is 0 Å². The van der Waals surface area contributed by atoms with Crippen molar-refractivity contribution < 1.29 is 0 Å². The van der Waals surface area contributed by atoms with Crippen LogP contribution in [0.4, 0.5) is 0 Å². The van der Waals surface area contributed by atoms with Crippen LogP contribution >= 0.6 is 23.2 Å². The molecule has 4 heteroatoms. The van der Waals surface area contributed by atoms with Gasteiger partial charge in [-0.15, -0.1) is 0 Å². The van der Waals surface area contributed by atoms with E-state index >= 15 is 0 Å². The summed E-state index contributed by atoms with van der Waals surface area (Å²) in [6, 6.07) is 4.14. The highest BCUT2D eigenvalue weighted by Gasteiger charge is 2.25. The second kappa shape index (κ2) is 4.05.